The molecule has 0 atom stereocenters. The molecule has 14 heavy (non-hydrogen) atoms. The summed E-state index contributed by atoms with van der Waals surface area (Å²) in [4.78, 5) is 0. The standard InChI is InChI=1S/C10H13Br2NS/c1-14-6-2-5-13-10-7-8(11)3-4-9(10)12/h3-4,7,13H,2,5-6H2,1H3. The SMILES string of the molecule is CSCCCNc1cc(Br)ccc1Br. The Morgan fingerprint density at radius 1 is 1.36 bits per heavy atom. The van der Waals surface area contributed by atoms with Gasteiger partial charge >= 0.3 is 0 Å². The maximum absolute atomic E-state index is 3.51. The summed E-state index contributed by atoms with van der Waals surface area (Å²) in [5.74, 6) is 1.21. The average Bonchev–Trinajstić information content (AvgIpc) is 2.18. The number of benzene rings is 1. The van der Waals surface area contributed by atoms with Crippen LogP contribution in [0.1, 0.15) is 6.42 Å². The third-order valence-corrected chi connectivity index (χ3v) is 3.65. The van der Waals surface area contributed by atoms with E-state index >= 15 is 0 Å². The summed E-state index contributed by atoms with van der Waals surface area (Å²) in [5.41, 5.74) is 1.15. The second-order valence-corrected chi connectivity index (χ2v) is 5.65. The van der Waals surface area contributed by atoms with Gasteiger partial charge in [-0.2, -0.15) is 11.8 Å². The first-order valence-electron chi connectivity index (χ1n) is 4.42. The van der Waals surface area contributed by atoms with E-state index < -0.39 is 0 Å². The Bertz CT molecular complexity index is 291. The highest BCUT2D eigenvalue weighted by Gasteiger charge is 1.98. The van der Waals surface area contributed by atoms with Gasteiger partial charge in [0.2, 0.25) is 0 Å². The van der Waals surface area contributed by atoms with Crippen molar-refractivity contribution in [1.29, 1.82) is 0 Å². The fourth-order valence-corrected chi connectivity index (χ4v) is 2.25. The van der Waals surface area contributed by atoms with Crippen molar-refractivity contribution in [1.82, 2.24) is 0 Å². The third kappa shape index (κ3) is 4.24. The van der Waals surface area contributed by atoms with E-state index in [1.54, 1.807) is 0 Å². The lowest BCUT2D eigenvalue weighted by molar-refractivity contribution is 0.992. The molecule has 0 aliphatic rings. The molecule has 1 rings (SSSR count). The van der Waals surface area contributed by atoms with Gasteiger partial charge in [-0.3, -0.25) is 0 Å². The van der Waals surface area contributed by atoms with E-state index in [9.17, 15) is 0 Å². The van der Waals surface area contributed by atoms with Gasteiger partial charge in [-0.15, -0.1) is 0 Å². The van der Waals surface area contributed by atoms with Crippen molar-refractivity contribution in [2.45, 2.75) is 6.42 Å². The zero-order chi connectivity index (χ0) is 10.4. The fourth-order valence-electron chi connectivity index (χ4n) is 1.07. The molecule has 0 radical (unpaired) electrons. The van der Waals surface area contributed by atoms with E-state index in [2.05, 4.69) is 49.5 Å². The number of hydrogen-bond donors (Lipinski definition) is 1. The Labute approximate surface area is 106 Å². The van der Waals surface area contributed by atoms with Crippen LogP contribution in [-0.4, -0.2) is 18.6 Å². The predicted octanol–water partition coefficient (Wildman–Crippen LogP) is 4.38. The van der Waals surface area contributed by atoms with Crippen molar-refractivity contribution in [3.63, 3.8) is 0 Å². The zero-order valence-corrected chi connectivity index (χ0v) is 12.0. The van der Waals surface area contributed by atoms with Gasteiger partial charge in [-0.1, -0.05) is 15.9 Å². The summed E-state index contributed by atoms with van der Waals surface area (Å²) >= 11 is 8.85. The molecular weight excluding hydrogens is 326 g/mol. The Balaban J connectivity index is 2.45. The minimum atomic E-state index is 1.02. The largest absolute Gasteiger partial charge is 0.384 e. The topological polar surface area (TPSA) is 12.0 Å². The fraction of sp³-hybridized carbons (Fsp3) is 0.400. The predicted molar refractivity (Wildman–Crippen MR) is 73.3 cm³/mol. The molecule has 0 spiro atoms. The maximum Gasteiger partial charge on any atom is 0.0495 e. The number of anilines is 1. The van der Waals surface area contributed by atoms with Crippen LogP contribution in [0.3, 0.4) is 0 Å². The first-order valence-corrected chi connectivity index (χ1v) is 7.40. The normalized spacial score (nSPS) is 10.2. The zero-order valence-electron chi connectivity index (χ0n) is 8.02. The summed E-state index contributed by atoms with van der Waals surface area (Å²) in [6.07, 6.45) is 3.33. The van der Waals surface area contributed by atoms with E-state index in [1.165, 1.54) is 12.2 Å². The van der Waals surface area contributed by atoms with Gasteiger partial charge in [0.05, 0.1) is 0 Å². The molecule has 4 heteroatoms. The van der Waals surface area contributed by atoms with Crippen LogP contribution in [0.4, 0.5) is 5.69 Å². The van der Waals surface area contributed by atoms with E-state index in [0.29, 0.717) is 0 Å². The van der Waals surface area contributed by atoms with Crippen LogP contribution < -0.4 is 5.32 Å². The lowest BCUT2D eigenvalue weighted by Crippen LogP contribution is -2.02. The van der Waals surface area contributed by atoms with Gasteiger partial charge in [0, 0.05) is 21.2 Å². The second-order valence-electron chi connectivity index (χ2n) is 2.90. The number of thioether (sulfide) groups is 1. The molecule has 0 amide bonds. The van der Waals surface area contributed by atoms with Crippen LogP contribution >= 0.6 is 43.6 Å². The number of hydrogen-bond acceptors (Lipinski definition) is 2. The highest BCUT2D eigenvalue weighted by molar-refractivity contribution is 9.11. The van der Waals surface area contributed by atoms with Crippen molar-refractivity contribution >= 4 is 49.3 Å². The highest BCUT2D eigenvalue weighted by atomic mass is 79.9. The molecule has 1 N–H and O–H groups in total. The molecule has 0 aromatic heterocycles. The number of halogens is 2. The van der Waals surface area contributed by atoms with Crippen LogP contribution in [-0.2, 0) is 0 Å². The van der Waals surface area contributed by atoms with Gasteiger partial charge in [-0.05, 0) is 52.6 Å². The molecule has 0 saturated heterocycles. The molecule has 0 heterocycles. The molecule has 0 unspecified atom stereocenters. The minimum absolute atomic E-state index is 1.02. The van der Waals surface area contributed by atoms with Crippen LogP contribution in [0.2, 0.25) is 0 Å². The summed E-state index contributed by atoms with van der Waals surface area (Å²) < 4.78 is 2.22. The molecule has 78 valence electrons. The third-order valence-electron chi connectivity index (χ3n) is 1.77. The second kappa shape index (κ2) is 6.75. The minimum Gasteiger partial charge on any atom is -0.384 e. The van der Waals surface area contributed by atoms with Gasteiger partial charge in [0.25, 0.3) is 0 Å². The highest BCUT2D eigenvalue weighted by Crippen LogP contribution is 2.25. The lowest BCUT2D eigenvalue weighted by Gasteiger charge is -2.08. The Kier molecular flexibility index (Phi) is 5.98. The van der Waals surface area contributed by atoms with Crippen LogP contribution in [0.15, 0.2) is 27.1 Å². The Morgan fingerprint density at radius 2 is 2.14 bits per heavy atom. The average molecular weight is 339 g/mol. The number of rotatable bonds is 5. The molecule has 1 aromatic rings. The van der Waals surface area contributed by atoms with Crippen molar-refractivity contribution in [2.24, 2.45) is 0 Å². The van der Waals surface area contributed by atoms with Crippen molar-refractivity contribution in [2.75, 3.05) is 23.9 Å². The van der Waals surface area contributed by atoms with E-state index in [0.717, 1.165) is 21.2 Å². The van der Waals surface area contributed by atoms with Crippen LogP contribution in [0.25, 0.3) is 0 Å². The smallest absolute Gasteiger partial charge is 0.0495 e. The van der Waals surface area contributed by atoms with Gasteiger partial charge in [-0.25, -0.2) is 0 Å². The first kappa shape index (κ1) is 12.4. The summed E-state index contributed by atoms with van der Waals surface area (Å²) in [7, 11) is 0. The summed E-state index contributed by atoms with van der Waals surface area (Å²) in [6, 6.07) is 6.15. The van der Waals surface area contributed by atoms with Gasteiger partial charge in [0.1, 0.15) is 0 Å². The molecule has 0 fully saturated rings. The van der Waals surface area contributed by atoms with Gasteiger partial charge < -0.3 is 5.32 Å². The quantitative estimate of drug-likeness (QED) is 0.800. The molecule has 0 aliphatic carbocycles. The monoisotopic (exact) mass is 337 g/mol. The lowest BCUT2D eigenvalue weighted by atomic mass is 10.3. The van der Waals surface area contributed by atoms with E-state index in [4.69, 9.17) is 0 Å². The Morgan fingerprint density at radius 3 is 2.86 bits per heavy atom. The summed E-state index contributed by atoms with van der Waals surface area (Å²) in [5, 5.41) is 3.40. The van der Waals surface area contributed by atoms with E-state index in [1.807, 2.05) is 23.9 Å². The molecule has 0 bridgehead atoms. The molecular formula is C10H13Br2NS. The van der Waals surface area contributed by atoms with Crippen LogP contribution in [0, 0.1) is 0 Å². The van der Waals surface area contributed by atoms with Gasteiger partial charge in [0.15, 0.2) is 0 Å². The molecule has 0 saturated carbocycles. The van der Waals surface area contributed by atoms with Crippen LogP contribution in [0.5, 0.6) is 0 Å². The summed E-state index contributed by atoms with van der Waals surface area (Å²) in [6.45, 7) is 1.02. The van der Waals surface area contributed by atoms with E-state index in [-0.39, 0.29) is 0 Å². The molecule has 0 aliphatic heterocycles. The van der Waals surface area contributed by atoms with Crippen molar-refractivity contribution < 1.29 is 0 Å². The molecule has 1 nitrogen and oxygen atoms in total. The first-order chi connectivity index (χ1) is 6.74. The Hall–Kier alpha value is 0.330. The molecule has 1 aromatic carbocycles. The number of nitrogens with one attached hydrogen (secondary N) is 1. The van der Waals surface area contributed by atoms with Crippen molar-refractivity contribution in [3.05, 3.63) is 27.1 Å². The maximum atomic E-state index is 3.51. The van der Waals surface area contributed by atoms with Crippen molar-refractivity contribution in [3.8, 4) is 0 Å².